The van der Waals surface area contributed by atoms with Crippen molar-refractivity contribution in [2.75, 3.05) is 14.2 Å². The highest BCUT2D eigenvalue weighted by molar-refractivity contribution is 6.74. The van der Waals surface area contributed by atoms with E-state index < -0.39 is 13.9 Å². The molecule has 4 atom stereocenters. The van der Waals surface area contributed by atoms with Crippen molar-refractivity contribution in [3.05, 3.63) is 0 Å². The quantitative estimate of drug-likeness (QED) is 0.569. The number of hydrogen-bond donors (Lipinski definition) is 0. The van der Waals surface area contributed by atoms with Crippen LogP contribution < -0.4 is 0 Å². The first-order valence-corrected chi connectivity index (χ1v) is 11.7. The summed E-state index contributed by atoms with van der Waals surface area (Å²) >= 11 is 0. The first-order valence-electron chi connectivity index (χ1n) is 8.84. The highest BCUT2D eigenvalue weighted by Gasteiger charge is 2.64. The van der Waals surface area contributed by atoms with E-state index in [1.807, 2.05) is 0 Å². The molecule has 2 fully saturated rings. The van der Waals surface area contributed by atoms with Crippen LogP contribution in [0, 0.1) is 17.8 Å². The third-order valence-electron chi connectivity index (χ3n) is 6.53. The molecular weight excluding hydrogens is 324 g/mol. The van der Waals surface area contributed by atoms with Crippen molar-refractivity contribution in [1.29, 1.82) is 0 Å². The zero-order valence-electron chi connectivity index (χ0n) is 16.1. The largest absolute Gasteiger partial charge is 0.469 e. The Bertz CT molecular complexity index is 510. The second-order valence-corrected chi connectivity index (χ2v) is 13.5. The molecule has 0 aromatic carbocycles. The lowest BCUT2D eigenvalue weighted by molar-refractivity contribution is -0.199. The molecule has 6 heteroatoms. The SMILES string of the molecule is COC(=O)[C@@H]1CC[C@]2(O[Si](C)(C)C(C)(C)C)[C@H](C1)C[C@@H]2C(=O)OC. The molecule has 2 rings (SSSR count). The Morgan fingerprint density at radius 1 is 1.04 bits per heavy atom. The van der Waals surface area contributed by atoms with Gasteiger partial charge in [0.15, 0.2) is 8.32 Å². The molecule has 0 unspecified atom stereocenters. The summed E-state index contributed by atoms with van der Waals surface area (Å²) < 4.78 is 16.8. The minimum Gasteiger partial charge on any atom is -0.469 e. The lowest BCUT2D eigenvalue weighted by atomic mass is 9.53. The van der Waals surface area contributed by atoms with Crippen LogP contribution in [-0.2, 0) is 23.5 Å². The molecule has 2 aliphatic carbocycles. The van der Waals surface area contributed by atoms with Crippen LogP contribution in [0.15, 0.2) is 0 Å². The van der Waals surface area contributed by atoms with E-state index in [-0.39, 0.29) is 34.7 Å². The molecule has 0 aromatic rings. The second kappa shape index (κ2) is 6.45. The number of rotatable bonds is 4. The molecule has 0 aliphatic heterocycles. The number of ether oxygens (including phenoxy) is 2. The van der Waals surface area contributed by atoms with Crippen molar-refractivity contribution < 1.29 is 23.5 Å². The predicted molar refractivity (Wildman–Crippen MR) is 94.0 cm³/mol. The van der Waals surface area contributed by atoms with E-state index >= 15 is 0 Å². The molecule has 0 aromatic heterocycles. The number of carbonyl (C=O) groups is 2. The first-order chi connectivity index (χ1) is 11.0. The van der Waals surface area contributed by atoms with Gasteiger partial charge in [-0.25, -0.2) is 0 Å². The fraction of sp³-hybridized carbons (Fsp3) is 0.889. The summed E-state index contributed by atoms with van der Waals surface area (Å²) in [4.78, 5) is 24.2. The predicted octanol–water partition coefficient (Wildman–Crippen LogP) is 3.53. The van der Waals surface area contributed by atoms with E-state index in [4.69, 9.17) is 13.9 Å². The van der Waals surface area contributed by atoms with Crippen molar-refractivity contribution in [2.24, 2.45) is 17.8 Å². The van der Waals surface area contributed by atoms with E-state index in [1.165, 1.54) is 14.2 Å². The Balaban J connectivity index is 2.26. The van der Waals surface area contributed by atoms with Crippen LogP contribution in [0.5, 0.6) is 0 Å². The van der Waals surface area contributed by atoms with Crippen LogP contribution in [0.2, 0.25) is 18.1 Å². The minimum absolute atomic E-state index is 0.0712. The molecule has 0 heterocycles. The topological polar surface area (TPSA) is 61.8 Å². The van der Waals surface area contributed by atoms with E-state index in [0.717, 1.165) is 19.3 Å². The summed E-state index contributed by atoms with van der Waals surface area (Å²) in [6.07, 6.45) is 2.93. The molecule has 0 N–H and O–H groups in total. The van der Waals surface area contributed by atoms with E-state index in [9.17, 15) is 9.59 Å². The molecule has 0 saturated heterocycles. The average Bonchev–Trinajstić information content (AvgIpc) is 2.48. The van der Waals surface area contributed by atoms with E-state index in [1.54, 1.807) is 0 Å². The van der Waals surface area contributed by atoms with Gasteiger partial charge in [-0.3, -0.25) is 9.59 Å². The van der Waals surface area contributed by atoms with Crippen LogP contribution >= 0.6 is 0 Å². The summed E-state index contributed by atoms with van der Waals surface area (Å²) in [7, 11) is 0.842. The number of fused-ring (bicyclic) bond motifs is 1. The lowest BCUT2D eigenvalue weighted by Gasteiger charge is -2.61. The number of esters is 2. The van der Waals surface area contributed by atoms with Crippen molar-refractivity contribution in [1.82, 2.24) is 0 Å². The van der Waals surface area contributed by atoms with Gasteiger partial charge in [-0.05, 0) is 49.7 Å². The minimum atomic E-state index is -2.04. The third-order valence-corrected chi connectivity index (χ3v) is 11.0. The van der Waals surface area contributed by atoms with Crippen molar-refractivity contribution in [2.45, 2.75) is 70.2 Å². The van der Waals surface area contributed by atoms with Gasteiger partial charge in [-0.15, -0.1) is 0 Å². The third kappa shape index (κ3) is 3.15. The van der Waals surface area contributed by atoms with Gasteiger partial charge >= 0.3 is 11.9 Å². The highest BCUT2D eigenvalue weighted by atomic mass is 28.4. The molecule has 0 radical (unpaired) electrons. The summed E-state index contributed by atoms with van der Waals surface area (Å²) in [5, 5.41) is 0.0712. The summed E-state index contributed by atoms with van der Waals surface area (Å²) in [6, 6.07) is 0. The molecular formula is C18H32O5Si. The fourth-order valence-corrected chi connectivity index (χ4v) is 5.66. The Morgan fingerprint density at radius 2 is 1.62 bits per heavy atom. The van der Waals surface area contributed by atoms with Crippen LogP contribution in [0.25, 0.3) is 0 Å². The fourth-order valence-electron chi connectivity index (χ4n) is 4.00. The van der Waals surface area contributed by atoms with E-state index in [2.05, 4.69) is 33.9 Å². The average molecular weight is 357 g/mol. The molecule has 2 saturated carbocycles. The van der Waals surface area contributed by atoms with Gasteiger partial charge < -0.3 is 13.9 Å². The maximum absolute atomic E-state index is 12.3. The van der Waals surface area contributed by atoms with Crippen molar-refractivity contribution in [3.8, 4) is 0 Å². The smallest absolute Gasteiger partial charge is 0.311 e. The zero-order valence-corrected chi connectivity index (χ0v) is 17.1. The number of methoxy groups -OCH3 is 2. The van der Waals surface area contributed by atoms with Crippen LogP contribution in [-0.4, -0.2) is 40.1 Å². The van der Waals surface area contributed by atoms with Crippen LogP contribution in [0.3, 0.4) is 0 Å². The Hall–Kier alpha value is -0.883. The lowest BCUT2D eigenvalue weighted by Crippen LogP contribution is -2.67. The van der Waals surface area contributed by atoms with Crippen molar-refractivity contribution in [3.63, 3.8) is 0 Å². The van der Waals surface area contributed by atoms with Gasteiger partial charge in [0.2, 0.25) is 0 Å². The highest BCUT2D eigenvalue weighted by Crippen LogP contribution is 2.59. The van der Waals surface area contributed by atoms with Gasteiger partial charge in [-0.2, -0.15) is 0 Å². The normalized spacial score (nSPS) is 33.2. The summed E-state index contributed by atoms with van der Waals surface area (Å²) in [5.41, 5.74) is -0.458. The van der Waals surface area contributed by atoms with Gasteiger partial charge in [0.25, 0.3) is 0 Å². The van der Waals surface area contributed by atoms with Gasteiger partial charge in [0.05, 0.1) is 31.7 Å². The second-order valence-electron chi connectivity index (χ2n) is 8.82. The molecule has 24 heavy (non-hydrogen) atoms. The van der Waals surface area contributed by atoms with Crippen molar-refractivity contribution >= 4 is 20.3 Å². The molecule has 5 nitrogen and oxygen atoms in total. The Labute approximate surface area is 146 Å². The maximum atomic E-state index is 12.3. The maximum Gasteiger partial charge on any atom is 0.311 e. The molecule has 0 spiro atoms. The standard InChI is InChI=1S/C18H32O5Si/c1-17(2,3)24(6,7)23-18-9-8-12(15(19)21-4)10-13(18)11-14(18)16(20)22-5/h12-14H,8-11H2,1-7H3/t12-,13-,14-,18+/m1/s1. The van der Waals surface area contributed by atoms with Gasteiger partial charge in [-0.1, -0.05) is 20.8 Å². The monoisotopic (exact) mass is 356 g/mol. The Morgan fingerprint density at radius 3 is 2.08 bits per heavy atom. The first kappa shape index (κ1) is 19.4. The number of carbonyl (C=O) groups excluding carboxylic acids is 2. The van der Waals surface area contributed by atoms with Gasteiger partial charge in [0, 0.05) is 0 Å². The molecule has 0 amide bonds. The van der Waals surface area contributed by atoms with Crippen LogP contribution in [0.4, 0.5) is 0 Å². The summed E-state index contributed by atoms with van der Waals surface area (Å²) in [6.45, 7) is 11.1. The van der Waals surface area contributed by atoms with Crippen LogP contribution in [0.1, 0.15) is 46.5 Å². The van der Waals surface area contributed by atoms with Gasteiger partial charge in [0.1, 0.15) is 0 Å². The molecule has 0 bridgehead atoms. The Kier molecular flexibility index (Phi) is 5.22. The van der Waals surface area contributed by atoms with E-state index in [0.29, 0.717) is 6.42 Å². The zero-order chi connectivity index (χ0) is 18.3. The summed E-state index contributed by atoms with van der Waals surface area (Å²) in [5.74, 6) is -0.373. The molecule has 2 aliphatic rings. The number of hydrogen-bond acceptors (Lipinski definition) is 5. The molecule has 138 valence electrons.